The predicted octanol–water partition coefficient (Wildman–Crippen LogP) is 1.63. The third kappa shape index (κ3) is 6.05. The number of hydrogen-bond acceptors (Lipinski definition) is 6. The maximum absolute atomic E-state index is 12.3. The zero-order valence-corrected chi connectivity index (χ0v) is 12.4. The molecule has 1 rings (SSSR count). The first-order valence-electron chi connectivity index (χ1n) is 6.69. The van der Waals surface area contributed by atoms with Crippen LogP contribution in [0.1, 0.15) is 35.4 Å². The lowest BCUT2D eigenvalue weighted by Gasteiger charge is -2.19. The second-order valence-electron chi connectivity index (χ2n) is 4.67. The van der Waals surface area contributed by atoms with E-state index in [-0.39, 0.29) is 12.2 Å². The Hall–Kier alpha value is -2.33. The molecule has 2 atom stereocenters. The third-order valence-electron chi connectivity index (χ3n) is 2.80. The highest BCUT2D eigenvalue weighted by atomic mass is 19.4. The van der Waals surface area contributed by atoms with Crippen molar-refractivity contribution in [1.29, 1.82) is 0 Å². The van der Waals surface area contributed by atoms with Crippen molar-refractivity contribution in [3.05, 3.63) is 29.3 Å². The molecule has 2 unspecified atom stereocenters. The molecule has 7 nitrogen and oxygen atoms in total. The van der Waals surface area contributed by atoms with Gasteiger partial charge in [-0.05, 0) is 30.7 Å². The highest BCUT2D eigenvalue weighted by Crippen LogP contribution is 2.29. The van der Waals surface area contributed by atoms with Gasteiger partial charge in [0, 0.05) is 0 Å². The average molecular weight is 352 g/mol. The van der Waals surface area contributed by atoms with E-state index in [9.17, 15) is 33.0 Å². The first-order chi connectivity index (χ1) is 11.0. The van der Waals surface area contributed by atoms with Crippen molar-refractivity contribution < 1.29 is 47.6 Å². The number of benzene rings is 1. The number of carboxylic acid groups (broad SMARTS) is 1. The molecule has 0 radical (unpaired) electrons. The Bertz CT molecular complexity index is 601. The molecule has 10 heteroatoms. The molecule has 0 aliphatic heterocycles. The lowest BCUT2D eigenvalue weighted by Crippen LogP contribution is -2.24. The molecule has 0 aliphatic carbocycles. The molecule has 0 fully saturated rings. The number of aliphatic hydroxyl groups excluding tert-OH is 2. The molecule has 0 spiro atoms. The third-order valence-corrected chi connectivity index (χ3v) is 2.80. The molecule has 3 N–H and O–H groups in total. The number of aromatic carboxylic acids is 1. The first-order valence-corrected chi connectivity index (χ1v) is 6.69. The summed E-state index contributed by atoms with van der Waals surface area (Å²) in [6.07, 6.45) is -9.21. The fourth-order valence-corrected chi connectivity index (χ4v) is 1.83. The van der Waals surface area contributed by atoms with E-state index in [1.54, 1.807) is 0 Å². The maximum Gasteiger partial charge on any atom is 0.573 e. The van der Waals surface area contributed by atoms with Crippen LogP contribution in [0.4, 0.5) is 13.2 Å². The summed E-state index contributed by atoms with van der Waals surface area (Å²) >= 11 is 0. The Morgan fingerprint density at radius 3 is 2.33 bits per heavy atom. The van der Waals surface area contributed by atoms with Gasteiger partial charge in [-0.3, -0.25) is 4.79 Å². The molecule has 0 heterocycles. The predicted molar refractivity (Wildman–Crippen MR) is 72.3 cm³/mol. The van der Waals surface area contributed by atoms with Crippen LogP contribution < -0.4 is 4.74 Å². The van der Waals surface area contributed by atoms with Gasteiger partial charge in [-0.25, -0.2) is 4.79 Å². The number of esters is 1. The summed E-state index contributed by atoms with van der Waals surface area (Å²) < 4.78 is 45.0. The van der Waals surface area contributed by atoms with Gasteiger partial charge >= 0.3 is 18.3 Å². The Morgan fingerprint density at radius 1 is 1.21 bits per heavy atom. The van der Waals surface area contributed by atoms with Gasteiger partial charge in [-0.1, -0.05) is 0 Å². The topological polar surface area (TPSA) is 113 Å². The fraction of sp³-hybridized carbons (Fsp3) is 0.429. The summed E-state index contributed by atoms with van der Waals surface area (Å²) in [6.45, 7) is 1.57. The van der Waals surface area contributed by atoms with E-state index in [0.29, 0.717) is 6.07 Å². The molecule has 1 aromatic rings. The highest BCUT2D eigenvalue weighted by Gasteiger charge is 2.32. The molecule has 0 amide bonds. The van der Waals surface area contributed by atoms with Gasteiger partial charge in [0.25, 0.3) is 0 Å². The van der Waals surface area contributed by atoms with E-state index in [0.717, 1.165) is 12.1 Å². The van der Waals surface area contributed by atoms with Gasteiger partial charge in [-0.15, -0.1) is 13.2 Å². The monoisotopic (exact) mass is 352 g/mol. The minimum Gasteiger partial charge on any atom is -0.478 e. The zero-order chi connectivity index (χ0) is 18.5. The summed E-state index contributed by atoms with van der Waals surface area (Å²) in [6, 6.07) is 2.20. The van der Waals surface area contributed by atoms with E-state index in [2.05, 4.69) is 9.47 Å². The molecule has 1 aromatic carbocycles. The number of rotatable bonds is 7. The van der Waals surface area contributed by atoms with Crippen molar-refractivity contribution in [2.75, 3.05) is 6.61 Å². The number of carbonyl (C=O) groups is 2. The number of halogens is 3. The molecule has 0 aliphatic rings. The van der Waals surface area contributed by atoms with Crippen LogP contribution in [-0.4, -0.2) is 46.3 Å². The SMILES string of the molecule is CCOC(=O)CC(O)C(O)c1cc(OC(F)(F)F)cc(C(=O)O)c1. The first kappa shape index (κ1) is 19.7. The fourth-order valence-electron chi connectivity index (χ4n) is 1.83. The van der Waals surface area contributed by atoms with Gasteiger partial charge < -0.3 is 24.8 Å². The van der Waals surface area contributed by atoms with Crippen molar-refractivity contribution >= 4 is 11.9 Å². The van der Waals surface area contributed by atoms with Crippen molar-refractivity contribution in [2.45, 2.75) is 31.9 Å². The van der Waals surface area contributed by atoms with Gasteiger partial charge in [0.2, 0.25) is 0 Å². The molecule has 0 aromatic heterocycles. The Labute approximate surface area is 134 Å². The van der Waals surface area contributed by atoms with Crippen molar-refractivity contribution in [3.63, 3.8) is 0 Å². The van der Waals surface area contributed by atoms with Crippen molar-refractivity contribution in [2.24, 2.45) is 0 Å². The number of carboxylic acids is 1. The van der Waals surface area contributed by atoms with Crippen LogP contribution in [0.2, 0.25) is 0 Å². The van der Waals surface area contributed by atoms with Crippen molar-refractivity contribution in [1.82, 2.24) is 0 Å². The van der Waals surface area contributed by atoms with E-state index in [1.807, 2.05) is 0 Å². The summed E-state index contributed by atoms with van der Waals surface area (Å²) in [7, 11) is 0. The number of carbonyl (C=O) groups excluding carboxylic acids is 1. The molecule has 24 heavy (non-hydrogen) atoms. The van der Waals surface area contributed by atoms with Crippen LogP contribution in [0.3, 0.4) is 0 Å². The van der Waals surface area contributed by atoms with Crippen LogP contribution in [0, 0.1) is 0 Å². The van der Waals surface area contributed by atoms with Gasteiger partial charge in [0.05, 0.1) is 24.7 Å². The van der Waals surface area contributed by atoms with Crippen LogP contribution >= 0.6 is 0 Å². The number of hydrogen-bond donors (Lipinski definition) is 3. The summed E-state index contributed by atoms with van der Waals surface area (Å²) in [5.74, 6) is -3.26. The Balaban J connectivity index is 3.07. The normalized spacial score (nSPS) is 13.9. The second kappa shape index (κ2) is 7.97. The molecule has 0 saturated heterocycles. The maximum atomic E-state index is 12.3. The van der Waals surface area contributed by atoms with Crippen molar-refractivity contribution in [3.8, 4) is 5.75 Å². The molecule has 0 saturated carbocycles. The average Bonchev–Trinajstić information content (AvgIpc) is 2.44. The lowest BCUT2D eigenvalue weighted by atomic mass is 9.99. The van der Waals surface area contributed by atoms with E-state index < -0.39 is 48.2 Å². The quantitative estimate of drug-likeness (QED) is 0.639. The number of ether oxygens (including phenoxy) is 2. The minimum absolute atomic E-state index is 0.0414. The van der Waals surface area contributed by atoms with Gasteiger partial charge in [0.15, 0.2) is 0 Å². The van der Waals surface area contributed by atoms with Crippen LogP contribution in [0.5, 0.6) is 5.75 Å². The second-order valence-corrected chi connectivity index (χ2v) is 4.67. The number of aliphatic hydroxyl groups is 2. The largest absolute Gasteiger partial charge is 0.573 e. The Morgan fingerprint density at radius 2 is 1.83 bits per heavy atom. The summed E-state index contributed by atoms with van der Waals surface area (Å²) in [5.41, 5.74) is -0.944. The lowest BCUT2D eigenvalue weighted by molar-refractivity contribution is -0.274. The minimum atomic E-state index is -5.07. The number of alkyl halides is 3. The van der Waals surface area contributed by atoms with Gasteiger partial charge in [-0.2, -0.15) is 0 Å². The molecule has 0 bridgehead atoms. The van der Waals surface area contributed by atoms with E-state index >= 15 is 0 Å². The molecular formula is C14H15F3O7. The van der Waals surface area contributed by atoms with Gasteiger partial charge in [0.1, 0.15) is 11.9 Å². The summed E-state index contributed by atoms with van der Waals surface area (Å²) in [4.78, 5) is 22.2. The van der Waals surface area contributed by atoms with E-state index in [4.69, 9.17) is 5.11 Å². The Kier molecular flexibility index (Phi) is 6.55. The van der Waals surface area contributed by atoms with Crippen LogP contribution in [0.25, 0.3) is 0 Å². The van der Waals surface area contributed by atoms with Crippen LogP contribution in [-0.2, 0) is 9.53 Å². The zero-order valence-electron chi connectivity index (χ0n) is 12.4. The van der Waals surface area contributed by atoms with E-state index in [1.165, 1.54) is 6.92 Å². The highest BCUT2D eigenvalue weighted by molar-refractivity contribution is 5.88. The standard InChI is InChI=1S/C14H15F3O7/c1-2-23-11(19)6-10(18)12(20)7-3-8(13(21)22)5-9(4-7)24-14(15,16)17/h3-5,10,12,18,20H,2,6H2,1H3,(H,21,22). The van der Waals surface area contributed by atoms with Crippen LogP contribution in [0.15, 0.2) is 18.2 Å². The summed E-state index contributed by atoms with van der Waals surface area (Å²) in [5, 5.41) is 28.6. The molecule has 134 valence electrons. The molecular weight excluding hydrogens is 337 g/mol. The smallest absolute Gasteiger partial charge is 0.478 e.